The summed E-state index contributed by atoms with van der Waals surface area (Å²) in [5, 5.41) is 12.2. The Morgan fingerprint density at radius 3 is 2.09 bits per heavy atom. The van der Waals surface area contributed by atoms with E-state index in [0.29, 0.717) is 32.5 Å². The molecule has 0 radical (unpaired) electrons. The third-order valence-corrected chi connectivity index (χ3v) is 11.0. The number of amides is 4. The lowest BCUT2D eigenvalue weighted by Crippen LogP contribution is -2.53. The van der Waals surface area contributed by atoms with Gasteiger partial charge in [-0.05, 0) is 72.9 Å². The van der Waals surface area contributed by atoms with Gasteiger partial charge in [0, 0.05) is 21.5 Å². The van der Waals surface area contributed by atoms with Gasteiger partial charge in [-0.15, -0.1) is 0 Å². The van der Waals surface area contributed by atoms with Gasteiger partial charge in [0.15, 0.2) is 0 Å². The Labute approximate surface area is 281 Å². The van der Waals surface area contributed by atoms with Crippen LogP contribution in [-0.4, -0.2) is 28.7 Å². The van der Waals surface area contributed by atoms with E-state index >= 15 is 4.79 Å². The first-order chi connectivity index (χ1) is 22.7. The molecule has 2 heterocycles. The van der Waals surface area contributed by atoms with Gasteiger partial charge in [0.05, 0.1) is 34.5 Å². The molecule has 0 unspecified atom stereocenters. The second-order valence-corrected chi connectivity index (χ2v) is 13.5. The fourth-order valence-corrected chi connectivity index (χ4v) is 9.04. The highest BCUT2D eigenvalue weighted by atomic mass is 35.5. The lowest BCUT2D eigenvalue weighted by molar-refractivity contribution is -0.127. The predicted molar refractivity (Wildman–Crippen MR) is 178 cm³/mol. The largest absolute Gasteiger partial charge is 0.508 e. The maximum atomic E-state index is 15.2. The topological polar surface area (TPSA) is 95.0 Å². The van der Waals surface area contributed by atoms with Crippen LogP contribution in [0.5, 0.6) is 5.75 Å². The van der Waals surface area contributed by atoms with Crippen molar-refractivity contribution in [2.24, 2.45) is 23.7 Å². The van der Waals surface area contributed by atoms with Gasteiger partial charge in [-0.1, -0.05) is 89.4 Å². The van der Waals surface area contributed by atoms with Crippen molar-refractivity contribution in [1.82, 2.24) is 0 Å². The first kappa shape index (κ1) is 29.7. The number of hydrogen-bond acceptors (Lipinski definition) is 5. The number of carbonyl (C=O) groups excluding carboxylic acids is 4. The van der Waals surface area contributed by atoms with Gasteiger partial charge < -0.3 is 5.11 Å². The van der Waals surface area contributed by atoms with Crippen LogP contribution in [0.25, 0.3) is 0 Å². The van der Waals surface area contributed by atoms with E-state index in [4.69, 9.17) is 23.2 Å². The fourth-order valence-electron chi connectivity index (χ4n) is 8.68. The molecule has 2 saturated heterocycles. The molecule has 1 N–H and O–H groups in total. The minimum Gasteiger partial charge on any atom is -0.508 e. The summed E-state index contributed by atoms with van der Waals surface area (Å²) in [5.74, 6) is -5.30. The summed E-state index contributed by atoms with van der Waals surface area (Å²) >= 11 is 12.9. The van der Waals surface area contributed by atoms with Gasteiger partial charge >= 0.3 is 0 Å². The number of aromatic hydroxyl groups is 1. The molecular weight excluding hydrogens is 635 g/mol. The third kappa shape index (κ3) is 4.19. The van der Waals surface area contributed by atoms with Crippen molar-refractivity contribution in [2.75, 3.05) is 9.80 Å². The molecule has 4 aliphatic rings. The quantitative estimate of drug-likeness (QED) is 0.186. The molecule has 3 fully saturated rings. The number of nitrogens with zero attached hydrogens (tertiary/aromatic N) is 2. The summed E-state index contributed by atoms with van der Waals surface area (Å²) in [5.41, 5.74) is 1.07. The van der Waals surface area contributed by atoms with E-state index < -0.39 is 46.8 Å². The van der Waals surface area contributed by atoms with Gasteiger partial charge in [0.25, 0.3) is 0 Å². The Morgan fingerprint density at radius 1 is 0.681 bits per heavy atom. The molecule has 8 rings (SSSR count). The SMILES string of the molecule is O=C1[C@H]2[C@H](CC=C3[C@H]2C[C@H]2C(=O)N(c4cccc(Cl)c4)C(=O)[C@@]2(c2ccccc2)[C@H]3c2cc(Cl)ccc2O)C(=O)N1c1ccccc1. The average Bonchev–Trinajstić information content (AvgIpc) is 3.47. The summed E-state index contributed by atoms with van der Waals surface area (Å²) in [6, 6.07) is 29.3. The van der Waals surface area contributed by atoms with Crippen LogP contribution in [0, 0.1) is 23.7 Å². The number of carbonyl (C=O) groups is 4. The zero-order valence-corrected chi connectivity index (χ0v) is 26.4. The van der Waals surface area contributed by atoms with Gasteiger partial charge in [-0.25, -0.2) is 4.90 Å². The minimum absolute atomic E-state index is 0.0849. The molecular formula is C38H28Cl2N2O5. The van der Waals surface area contributed by atoms with E-state index in [0.717, 1.165) is 5.57 Å². The normalized spacial score (nSPS) is 28.2. The summed E-state index contributed by atoms with van der Waals surface area (Å²) in [6.45, 7) is 0. The highest BCUT2D eigenvalue weighted by Gasteiger charge is 2.70. The van der Waals surface area contributed by atoms with E-state index in [1.807, 2.05) is 42.5 Å². The lowest BCUT2D eigenvalue weighted by atomic mass is 9.49. The van der Waals surface area contributed by atoms with Crippen LogP contribution in [0.2, 0.25) is 10.0 Å². The highest BCUT2D eigenvalue weighted by Crippen LogP contribution is 2.65. The molecule has 2 aliphatic heterocycles. The number of halogens is 2. The number of benzene rings is 4. The van der Waals surface area contributed by atoms with Crippen molar-refractivity contribution in [3.63, 3.8) is 0 Å². The van der Waals surface area contributed by atoms with Crippen LogP contribution in [0.1, 0.15) is 29.9 Å². The summed E-state index contributed by atoms with van der Waals surface area (Å²) in [4.78, 5) is 60.6. The molecule has 4 amide bonds. The van der Waals surface area contributed by atoms with E-state index in [1.165, 1.54) is 15.9 Å². The van der Waals surface area contributed by atoms with Crippen LogP contribution in [-0.2, 0) is 24.6 Å². The molecule has 4 aromatic rings. The molecule has 7 nitrogen and oxygen atoms in total. The molecule has 2 aliphatic carbocycles. The predicted octanol–water partition coefficient (Wildman–Crippen LogP) is 7.07. The molecule has 234 valence electrons. The number of hydrogen-bond donors (Lipinski definition) is 1. The van der Waals surface area contributed by atoms with Gasteiger partial charge in [0.1, 0.15) is 5.75 Å². The van der Waals surface area contributed by atoms with Crippen molar-refractivity contribution in [3.8, 4) is 5.75 Å². The van der Waals surface area contributed by atoms with Crippen LogP contribution in [0.4, 0.5) is 11.4 Å². The van der Waals surface area contributed by atoms with Gasteiger partial charge in [0.2, 0.25) is 23.6 Å². The molecule has 6 atom stereocenters. The maximum absolute atomic E-state index is 15.2. The average molecular weight is 664 g/mol. The molecule has 0 aromatic heterocycles. The Balaban J connectivity index is 1.38. The van der Waals surface area contributed by atoms with Gasteiger partial charge in [-0.2, -0.15) is 0 Å². The van der Waals surface area contributed by atoms with Crippen LogP contribution in [0.15, 0.2) is 115 Å². The molecule has 0 bridgehead atoms. The Morgan fingerprint density at radius 2 is 1.36 bits per heavy atom. The lowest BCUT2D eigenvalue weighted by Gasteiger charge is -2.50. The van der Waals surface area contributed by atoms with Crippen LogP contribution < -0.4 is 9.80 Å². The summed E-state index contributed by atoms with van der Waals surface area (Å²) in [7, 11) is 0. The van der Waals surface area contributed by atoms with Crippen molar-refractivity contribution in [3.05, 3.63) is 136 Å². The fraction of sp³-hybridized carbons (Fsp3) is 0.211. The number of rotatable bonds is 4. The summed E-state index contributed by atoms with van der Waals surface area (Å²) < 4.78 is 0. The molecule has 47 heavy (non-hydrogen) atoms. The number of allylic oxidation sites excluding steroid dienone is 2. The minimum atomic E-state index is -1.50. The smallest absolute Gasteiger partial charge is 0.246 e. The number of phenolic OH excluding ortho intramolecular Hbond substituents is 1. The van der Waals surface area contributed by atoms with Crippen molar-refractivity contribution in [1.29, 1.82) is 0 Å². The number of fused-ring (bicyclic) bond motifs is 4. The Hall–Kier alpha value is -4.72. The Bertz CT molecular complexity index is 2010. The first-order valence-corrected chi connectivity index (χ1v) is 16.3. The Kier molecular flexibility index (Phi) is 6.90. The molecule has 4 aromatic carbocycles. The maximum Gasteiger partial charge on any atom is 0.246 e. The standard InChI is InChI=1S/C38H28Cl2N2O5/c39-22-10-7-13-25(18-22)42-35(45)30-20-28-26(15-16-27-32(28)36(46)41(34(27)44)24-11-5-2-6-12-24)33(29-19-23(40)14-17-31(29)43)38(30,37(42)47)21-8-3-1-4-9-21/h1-15,17-19,27-28,30,32-33,43H,16,20H2/t27-,28+,30-,32-,33+,38+/m0/s1. The van der Waals surface area contributed by atoms with Crippen molar-refractivity contribution in [2.45, 2.75) is 24.2 Å². The number of phenols is 1. The van der Waals surface area contributed by atoms with Crippen LogP contribution >= 0.6 is 23.2 Å². The van der Waals surface area contributed by atoms with E-state index in [9.17, 15) is 19.5 Å². The number of para-hydroxylation sites is 1. The van der Waals surface area contributed by atoms with Crippen molar-refractivity contribution >= 4 is 58.2 Å². The zero-order chi connectivity index (χ0) is 32.6. The van der Waals surface area contributed by atoms with E-state index in [2.05, 4.69) is 0 Å². The summed E-state index contributed by atoms with van der Waals surface area (Å²) in [6.07, 6.45) is 2.39. The molecule has 0 spiro atoms. The van der Waals surface area contributed by atoms with Crippen molar-refractivity contribution < 1.29 is 24.3 Å². The van der Waals surface area contributed by atoms with Gasteiger partial charge in [-0.3, -0.25) is 24.1 Å². The monoisotopic (exact) mass is 662 g/mol. The third-order valence-electron chi connectivity index (χ3n) is 10.5. The number of anilines is 2. The molecule has 1 saturated carbocycles. The van der Waals surface area contributed by atoms with E-state index in [-0.39, 0.29) is 30.4 Å². The second-order valence-electron chi connectivity index (χ2n) is 12.6. The van der Waals surface area contributed by atoms with Crippen LogP contribution in [0.3, 0.4) is 0 Å². The zero-order valence-electron chi connectivity index (χ0n) is 24.9. The van der Waals surface area contributed by atoms with E-state index in [1.54, 1.807) is 60.7 Å². The first-order valence-electron chi connectivity index (χ1n) is 15.5. The molecule has 9 heteroatoms. The highest BCUT2D eigenvalue weighted by molar-refractivity contribution is 6.32. The second kappa shape index (κ2) is 10.9. The number of imide groups is 2.